The molecule has 1 aromatic heterocycles. The smallest absolute Gasteiger partial charge is 0.333 e. The van der Waals surface area contributed by atoms with Gasteiger partial charge in [-0.3, -0.25) is 10.2 Å². The molecule has 0 radical (unpaired) electrons. The van der Waals surface area contributed by atoms with Crippen molar-refractivity contribution in [2.75, 3.05) is 0 Å². The van der Waals surface area contributed by atoms with Gasteiger partial charge in [-0.25, -0.2) is 10.2 Å². The predicted octanol–water partition coefficient (Wildman–Crippen LogP) is 2.81. The average Bonchev–Trinajstić information content (AvgIpc) is 2.75. The van der Waals surface area contributed by atoms with Crippen molar-refractivity contribution in [3.05, 3.63) is 23.2 Å². The first-order valence-corrected chi connectivity index (χ1v) is 7.38. The van der Waals surface area contributed by atoms with E-state index in [-0.39, 0.29) is 6.04 Å². The molecule has 0 aliphatic carbocycles. The SMILES string of the molecule is CCCCC[C@H](C)NC(=O)NNC(=O)c1cc(C)oc1C. The van der Waals surface area contributed by atoms with Gasteiger partial charge in [0.25, 0.3) is 5.91 Å². The molecule has 0 saturated carbocycles. The third-order valence-electron chi connectivity index (χ3n) is 3.19. The predicted molar refractivity (Wildman–Crippen MR) is 80.9 cm³/mol. The van der Waals surface area contributed by atoms with E-state index in [0.29, 0.717) is 17.1 Å². The number of hydrazine groups is 1. The van der Waals surface area contributed by atoms with Gasteiger partial charge < -0.3 is 9.73 Å². The molecule has 6 nitrogen and oxygen atoms in total. The number of rotatable bonds is 6. The Bertz CT molecular complexity index is 483. The molecule has 0 fully saturated rings. The highest BCUT2D eigenvalue weighted by Crippen LogP contribution is 2.12. The second-order valence-corrected chi connectivity index (χ2v) is 5.28. The van der Waals surface area contributed by atoms with Gasteiger partial charge in [-0.15, -0.1) is 0 Å². The summed E-state index contributed by atoms with van der Waals surface area (Å²) in [6, 6.07) is 1.30. The molecule has 1 atom stereocenters. The molecule has 1 rings (SSSR count). The Hall–Kier alpha value is -1.98. The van der Waals surface area contributed by atoms with E-state index in [2.05, 4.69) is 23.1 Å². The highest BCUT2D eigenvalue weighted by Gasteiger charge is 2.14. The number of hydrogen-bond acceptors (Lipinski definition) is 3. The molecule has 0 aliphatic rings. The summed E-state index contributed by atoms with van der Waals surface area (Å²) >= 11 is 0. The van der Waals surface area contributed by atoms with E-state index in [0.717, 1.165) is 25.7 Å². The zero-order valence-corrected chi connectivity index (χ0v) is 13.2. The highest BCUT2D eigenvalue weighted by atomic mass is 16.3. The Morgan fingerprint density at radius 1 is 1.24 bits per heavy atom. The number of carbonyl (C=O) groups excluding carboxylic acids is 2. The van der Waals surface area contributed by atoms with Crippen molar-refractivity contribution in [3.8, 4) is 0 Å². The maximum atomic E-state index is 11.9. The molecule has 0 aliphatic heterocycles. The summed E-state index contributed by atoms with van der Waals surface area (Å²) < 4.78 is 5.27. The molecule has 0 spiro atoms. The standard InChI is InChI=1S/C15H25N3O3/c1-5-6-7-8-10(2)16-15(20)18-17-14(19)13-9-11(3)21-12(13)4/h9-10H,5-8H2,1-4H3,(H,17,19)(H2,16,18,20)/t10-/m0/s1. The van der Waals surface area contributed by atoms with Crippen LogP contribution >= 0.6 is 0 Å². The van der Waals surface area contributed by atoms with Crippen LogP contribution in [0.15, 0.2) is 10.5 Å². The van der Waals surface area contributed by atoms with Crippen LogP contribution < -0.4 is 16.2 Å². The summed E-state index contributed by atoms with van der Waals surface area (Å²) in [4.78, 5) is 23.5. The van der Waals surface area contributed by atoms with Crippen molar-refractivity contribution in [2.45, 2.75) is 59.4 Å². The van der Waals surface area contributed by atoms with E-state index in [1.165, 1.54) is 0 Å². The number of amides is 3. The highest BCUT2D eigenvalue weighted by molar-refractivity contribution is 5.96. The number of nitrogens with one attached hydrogen (secondary N) is 3. The number of unbranched alkanes of at least 4 members (excludes halogenated alkanes) is 2. The van der Waals surface area contributed by atoms with Gasteiger partial charge in [0.2, 0.25) is 0 Å². The molecule has 0 unspecified atom stereocenters. The Balaban J connectivity index is 2.32. The molecular formula is C15H25N3O3. The van der Waals surface area contributed by atoms with Gasteiger partial charge in [0.1, 0.15) is 11.5 Å². The minimum Gasteiger partial charge on any atom is -0.466 e. The number of aryl methyl sites for hydroxylation is 2. The van der Waals surface area contributed by atoms with Gasteiger partial charge in [-0.05, 0) is 33.3 Å². The Morgan fingerprint density at radius 3 is 2.52 bits per heavy atom. The van der Waals surface area contributed by atoms with E-state index in [9.17, 15) is 9.59 Å². The normalized spacial score (nSPS) is 11.8. The molecule has 0 saturated heterocycles. The minimum atomic E-state index is -0.412. The first-order valence-electron chi connectivity index (χ1n) is 7.38. The summed E-state index contributed by atoms with van der Waals surface area (Å²) in [5.74, 6) is 0.796. The van der Waals surface area contributed by atoms with Crippen LogP contribution in [0, 0.1) is 13.8 Å². The van der Waals surface area contributed by atoms with Gasteiger partial charge in [0, 0.05) is 6.04 Å². The van der Waals surface area contributed by atoms with Crippen LogP contribution in [-0.2, 0) is 0 Å². The van der Waals surface area contributed by atoms with Crippen molar-refractivity contribution >= 4 is 11.9 Å². The first-order chi connectivity index (χ1) is 9.93. The molecule has 21 heavy (non-hydrogen) atoms. The fourth-order valence-electron chi connectivity index (χ4n) is 2.07. The van der Waals surface area contributed by atoms with Crippen molar-refractivity contribution < 1.29 is 14.0 Å². The largest absolute Gasteiger partial charge is 0.466 e. The van der Waals surface area contributed by atoms with Gasteiger partial charge >= 0.3 is 6.03 Å². The molecule has 0 aromatic carbocycles. The average molecular weight is 295 g/mol. The van der Waals surface area contributed by atoms with Crippen molar-refractivity contribution in [1.82, 2.24) is 16.2 Å². The number of furan rings is 1. The van der Waals surface area contributed by atoms with Crippen molar-refractivity contribution in [2.24, 2.45) is 0 Å². The second-order valence-electron chi connectivity index (χ2n) is 5.28. The molecule has 1 heterocycles. The first kappa shape index (κ1) is 17.1. The van der Waals surface area contributed by atoms with Crippen LogP contribution in [-0.4, -0.2) is 18.0 Å². The molecule has 6 heteroatoms. The summed E-state index contributed by atoms with van der Waals surface area (Å²) in [6.07, 6.45) is 4.31. The van der Waals surface area contributed by atoms with Crippen LogP contribution in [0.1, 0.15) is 61.4 Å². The molecule has 118 valence electrons. The summed E-state index contributed by atoms with van der Waals surface area (Å²) in [7, 11) is 0. The Labute approximate surface area is 125 Å². The maximum Gasteiger partial charge on any atom is 0.333 e. The molecular weight excluding hydrogens is 270 g/mol. The van der Waals surface area contributed by atoms with E-state index < -0.39 is 11.9 Å². The topological polar surface area (TPSA) is 83.4 Å². The van der Waals surface area contributed by atoms with Crippen LogP contribution in [0.2, 0.25) is 0 Å². The summed E-state index contributed by atoms with van der Waals surface area (Å²) in [6.45, 7) is 7.56. The lowest BCUT2D eigenvalue weighted by molar-refractivity contribution is 0.0934. The van der Waals surface area contributed by atoms with E-state index in [1.54, 1.807) is 19.9 Å². The maximum absolute atomic E-state index is 11.9. The second kappa shape index (κ2) is 8.34. The number of hydrogen-bond donors (Lipinski definition) is 3. The third-order valence-corrected chi connectivity index (χ3v) is 3.19. The quantitative estimate of drug-likeness (QED) is 0.557. The lowest BCUT2D eigenvalue weighted by Gasteiger charge is -2.14. The zero-order valence-electron chi connectivity index (χ0n) is 13.2. The van der Waals surface area contributed by atoms with Gasteiger partial charge in [0.05, 0.1) is 5.56 Å². The summed E-state index contributed by atoms with van der Waals surface area (Å²) in [5.41, 5.74) is 5.13. The van der Waals surface area contributed by atoms with E-state index in [1.807, 2.05) is 6.92 Å². The minimum absolute atomic E-state index is 0.0753. The fraction of sp³-hybridized carbons (Fsp3) is 0.600. The molecule has 1 aromatic rings. The van der Waals surface area contributed by atoms with Crippen LogP contribution in [0.5, 0.6) is 0 Å². The van der Waals surface area contributed by atoms with Crippen LogP contribution in [0.25, 0.3) is 0 Å². The van der Waals surface area contributed by atoms with E-state index in [4.69, 9.17) is 4.42 Å². The van der Waals surface area contributed by atoms with Gasteiger partial charge in [-0.1, -0.05) is 26.2 Å². The molecule has 3 N–H and O–H groups in total. The Morgan fingerprint density at radius 2 is 1.95 bits per heavy atom. The van der Waals surface area contributed by atoms with Crippen molar-refractivity contribution in [1.29, 1.82) is 0 Å². The Kier molecular flexibility index (Phi) is 6.78. The monoisotopic (exact) mass is 295 g/mol. The summed E-state index contributed by atoms with van der Waals surface area (Å²) in [5, 5.41) is 2.78. The van der Waals surface area contributed by atoms with Gasteiger partial charge in [-0.2, -0.15) is 0 Å². The van der Waals surface area contributed by atoms with Crippen LogP contribution in [0.3, 0.4) is 0 Å². The lowest BCUT2D eigenvalue weighted by atomic mass is 10.1. The molecule has 3 amide bonds. The number of urea groups is 1. The third kappa shape index (κ3) is 5.89. The zero-order chi connectivity index (χ0) is 15.8. The van der Waals surface area contributed by atoms with E-state index >= 15 is 0 Å². The van der Waals surface area contributed by atoms with Gasteiger partial charge in [0.15, 0.2) is 0 Å². The number of carbonyl (C=O) groups is 2. The van der Waals surface area contributed by atoms with Crippen molar-refractivity contribution in [3.63, 3.8) is 0 Å². The fourth-order valence-corrected chi connectivity index (χ4v) is 2.07. The lowest BCUT2D eigenvalue weighted by Crippen LogP contribution is -2.49. The molecule has 0 bridgehead atoms. The van der Waals surface area contributed by atoms with Crippen LogP contribution in [0.4, 0.5) is 4.79 Å².